The Hall–Kier alpha value is -2.52. The molecule has 3 aromatic rings. The molecule has 3 rings (SSSR count). The molecule has 0 N–H and O–H groups in total. The first kappa shape index (κ1) is 21.2. The summed E-state index contributed by atoms with van der Waals surface area (Å²) in [5, 5.41) is 0. The van der Waals surface area contributed by atoms with E-state index in [1.807, 2.05) is 18.2 Å². The smallest absolute Gasteiger partial charge is 0.0927 e. The maximum Gasteiger partial charge on any atom is 0.0927 e. The molecule has 0 fully saturated rings. The Morgan fingerprint density at radius 3 is 2.31 bits per heavy atom. The van der Waals surface area contributed by atoms with E-state index in [0.717, 1.165) is 40.0 Å². The topological polar surface area (TPSA) is 35.0 Å². The number of aromatic nitrogens is 2. The molecule has 0 aliphatic carbocycles. The van der Waals surface area contributed by atoms with Crippen LogP contribution in [0.5, 0.6) is 0 Å². The summed E-state index contributed by atoms with van der Waals surface area (Å²) < 4.78 is 5.97. The lowest BCUT2D eigenvalue weighted by molar-refractivity contribution is -0.0529. The van der Waals surface area contributed by atoms with Crippen LogP contribution in [0.2, 0.25) is 0 Å². The van der Waals surface area contributed by atoms with Crippen molar-refractivity contribution in [3.05, 3.63) is 65.9 Å². The minimum Gasteiger partial charge on any atom is -0.373 e. The van der Waals surface area contributed by atoms with Crippen LogP contribution in [0.1, 0.15) is 65.1 Å². The van der Waals surface area contributed by atoms with Crippen molar-refractivity contribution in [2.45, 2.75) is 65.6 Å². The quantitative estimate of drug-likeness (QED) is 0.436. The highest BCUT2D eigenvalue weighted by Crippen LogP contribution is 2.28. The Bertz CT molecular complexity index is 988. The average molecular weight is 389 g/mol. The molecule has 0 aliphatic rings. The molecule has 0 unspecified atom stereocenters. The van der Waals surface area contributed by atoms with E-state index in [1.165, 1.54) is 0 Å². The van der Waals surface area contributed by atoms with Gasteiger partial charge in [-0.3, -0.25) is 0 Å². The lowest BCUT2D eigenvalue weighted by Crippen LogP contribution is -2.27. The van der Waals surface area contributed by atoms with Crippen molar-refractivity contribution >= 4 is 17.1 Å². The Morgan fingerprint density at radius 2 is 1.66 bits per heavy atom. The van der Waals surface area contributed by atoms with Crippen molar-refractivity contribution in [1.29, 1.82) is 0 Å². The molecule has 1 heterocycles. The minimum atomic E-state index is -0.170. The number of ether oxygens (including phenoxy) is 1. The van der Waals surface area contributed by atoms with Gasteiger partial charge in [-0.15, -0.1) is 0 Å². The molecule has 152 valence electrons. The van der Waals surface area contributed by atoms with Gasteiger partial charge in [0.05, 0.1) is 34.1 Å². The van der Waals surface area contributed by atoms with Gasteiger partial charge in [0.1, 0.15) is 0 Å². The SMILES string of the molecule is CC(C)OC(C)(C)CC=Cc1ccc2nc(-c3ccccc3)c(C(C)C)nc2c1. The molecule has 2 aromatic carbocycles. The van der Waals surface area contributed by atoms with Crippen LogP contribution in [-0.2, 0) is 4.74 Å². The van der Waals surface area contributed by atoms with Crippen molar-refractivity contribution in [1.82, 2.24) is 9.97 Å². The summed E-state index contributed by atoms with van der Waals surface area (Å²) in [7, 11) is 0. The van der Waals surface area contributed by atoms with Gasteiger partial charge in [0.15, 0.2) is 0 Å². The van der Waals surface area contributed by atoms with E-state index in [4.69, 9.17) is 14.7 Å². The van der Waals surface area contributed by atoms with Gasteiger partial charge in [-0.1, -0.05) is 62.4 Å². The Labute approximate surface area is 174 Å². The molecular weight excluding hydrogens is 356 g/mol. The third-order valence-corrected chi connectivity index (χ3v) is 4.78. The van der Waals surface area contributed by atoms with Gasteiger partial charge in [0, 0.05) is 5.56 Å². The lowest BCUT2D eigenvalue weighted by Gasteiger charge is -2.26. The van der Waals surface area contributed by atoms with Gasteiger partial charge in [0.25, 0.3) is 0 Å². The summed E-state index contributed by atoms with van der Waals surface area (Å²) in [6.07, 6.45) is 5.41. The van der Waals surface area contributed by atoms with Crippen LogP contribution in [0, 0.1) is 0 Å². The number of rotatable bonds is 7. The van der Waals surface area contributed by atoms with E-state index >= 15 is 0 Å². The van der Waals surface area contributed by atoms with Crippen molar-refractivity contribution < 1.29 is 4.74 Å². The van der Waals surface area contributed by atoms with Crippen molar-refractivity contribution in [3.8, 4) is 11.3 Å². The van der Waals surface area contributed by atoms with Crippen LogP contribution in [0.4, 0.5) is 0 Å². The largest absolute Gasteiger partial charge is 0.373 e. The van der Waals surface area contributed by atoms with Gasteiger partial charge in [-0.2, -0.15) is 0 Å². The molecular formula is C26H32N2O. The Kier molecular flexibility index (Phi) is 6.49. The average Bonchev–Trinajstić information content (AvgIpc) is 2.66. The molecule has 0 amide bonds. The summed E-state index contributed by atoms with van der Waals surface area (Å²) in [5.41, 5.74) is 5.95. The van der Waals surface area contributed by atoms with E-state index in [0.29, 0.717) is 5.92 Å². The van der Waals surface area contributed by atoms with Gasteiger partial charge < -0.3 is 4.74 Å². The van der Waals surface area contributed by atoms with E-state index < -0.39 is 0 Å². The summed E-state index contributed by atoms with van der Waals surface area (Å²) in [5.74, 6) is 0.301. The third-order valence-electron chi connectivity index (χ3n) is 4.78. The monoisotopic (exact) mass is 388 g/mol. The predicted octanol–water partition coefficient (Wildman–Crippen LogP) is 7.03. The fraction of sp³-hybridized carbons (Fsp3) is 0.385. The lowest BCUT2D eigenvalue weighted by atomic mass is 10.0. The summed E-state index contributed by atoms with van der Waals surface area (Å²) in [6.45, 7) is 12.7. The van der Waals surface area contributed by atoms with E-state index in [2.05, 4.69) is 84.0 Å². The predicted molar refractivity (Wildman–Crippen MR) is 123 cm³/mol. The minimum absolute atomic E-state index is 0.170. The second kappa shape index (κ2) is 8.87. The van der Waals surface area contributed by atoms with Gasteiger partial charge >= 0.3 is 0 Å². The van der Waals surface area contributed by atoms with Crippen molar-refractivity contribution in [3.63, 3.8) is 0 Å². The van der Waals surface area contributed by atoms with E-state index in [1.54, 1.807) is 0 Å². The van der Waals surface area contributed by atoms with Crippen LogP contribution in [0.25, 0.3) is 28.4 Å². The normalized spacial score (nSPS) is 12.6. The van der Waals surface area contributed by atoms with Crippen LogP contribution in [-0.4, -0.2) is 21.7 Å². The number of fused-ring (bicyclic) bond motifs is 1. The van der Waals surface area contributed by atoms with Crippen molar-refractivity contribution in [2.24, 2.45) is 0 Å². The highest BCUT2D eigenvalue weighted by atomic mass is 16.5. The second-order valence-electron chi connectivity index (χ2n) is 8.76. The van der Waals surface area contributed by atoms with Gasteiger partial charge in [0.2, 0.25) is 0 Å². The fourth-order valence-electron chi connectivity index (χ4n) is 3.56. The molecule has 0 radical (unpaired) electrons. The third kappa shape index (κ3) is 5.51. The van der Waals surface area contributed by atoms with E-state index in [9.17, 15) is 0 Å². The number of hydrogen-bond donors (Lipinski definition) is 0. The van der Waals surface area contributed by atoms with Crippen molar-refractivity contribution in [2.75, 3.05) is 0 Å². The van der Waals surface area contributed by atoms with E-state index in [-0.39, 0.29) is 11.7 Å². The molecule has 3 heteroatoms. The molecule has 3 nitrogen and oxygen atoms in total. The maximum absolute atomic E-state index is 5.97. The second-order valence-corrected chi connectivity index (χ2v) is 8.76. The fourth-order valence-corrected chi connectivity index (χ4v) is 3.56. The van der Waals surface area contributed by atoms with Gasteiger partial charge in [-0.25, -0.2) is 9.97 Å². The standard InChI is InChI=1S/C26H32N2O/c1-18(2)24-25(21-12-8-7-9-13-21)27-22-15-14-20(17-23(22)28-24)11-10-16-26(5,6)29-19(3)4/h7-15,17-19H,16H2,1-6H3. The number of hydrogen-bond acceptors (Lipinski definition) is 3. The Balaban J connectivity index is 1.91. The zero-order valence-electron chi connectivity index (χ0n) is 18.4. The molecule has 0 spiro atoms. The molecule has 0 atom stereocenters. The highest BCUT2D eigenvalue weighted by Gasteiger charge is 2.18. The molecule has 0 bridgehead atoms. The first-order valence-electron chi connectivity index (χ1n) is 10.5. The molecule has 0 saturated heterocycles. The van der Waals surface area contributed by atoms with Gasteiger partial charge in [-0.05, 0) is 57.7 Å². The summed E-state index contributed by atoms with van der Waals surface area (Å²) >= 11 is 0. The summed E-state index contributed by atoms with van der Waals surface area (Å²) in [6, 6.07) is 16.6. The van der Waals surface area contributed by atoms with Crippen LogP contribution >= 0.6 is 0 Å². The summed E-state index contributed by atoms with van der Waals surface area (Å²) in [4.78, 5) is 9.94. The molecule has 0 saturated carbocycles. The Morgan fingerprint density at radius 1 is 0.931 bits per heavy atom. The number of benzene rings is 2. The maximum atomic E-state index is 5.97. The first-order chi connectivity index (χ1) is 13.7. The molecule has 0 aliphatic heterocycles. The van der Waals surface area contributed by atoms with Crippen LogP contribution < -0.4 is 0 Å². The van der Waals surface area contributed by atoms with Crippen LogP contribution in [0.3, 0.4) is 0 Å². The zero-order valence-corrected chi connectivity index (χ0v) is 18.4. The zero-order chi connectivity index (χ0) is 21.0. The highest BCUT2D eigenvalue weighted by molar-refractivity contribution is 5.81. The van der Waals surface area contributed by atoms with Crippen LogP contribution in [0.15, 0.2) is 54.6 Å². The first-order valence-corrected chi connectivity index (χ1v) is 10.5. The molecule has 1 aromatic heterocycles. The number of nitrogens with zero attached hydrogens (tertiary/aromatic N) is 2. The molecule has 29 heavy (non-hydrogen) atoms.